The fourth-order valence-corrected chi connectivity index (χ4v) is 3.27. The molecule has 0 unspecified atom stereocenters. The lowest BCUT2D eigenvalue weighted by Gasteiger charge is -2.16. The fourth-order valence-electron chi connectivity index (χ4n) is 3.10. The van der Waals surface area contributed by atoms with Crippen LogP contribution in [-0.2, 0) is 6.42 Å². The molecule has 1 heterocycles. The van der Waals surface area contributed by atoms with Crippen LogP contribution in [0.15, 0.2) is 12.1 Å². The number of aromatic nitrogens is 2. The maximum atomic E-state index is 13.7. The van der Waals surface area contributed by atoms with Gasteiger partial charge >= 0.3 is 0 Å². The lowest BCUT2D eigenvalue weighted by Crippen LogP contribution is -2.09. The topological polar surface area (TPSA) is 17.8 Å². The Kier molecular flexibility index (Phi) is 3.48. The van der Waals surface area contributed by atoms with Crippen LogP contribution < -0.4 is 0 Å². The number of hydrogen-bond acceptors (Lipinski definition) is 1. The highest BCUT2D eigenvalue weighted by Gasteiger charge is 2.22. The molecule has 1 fully saturated rings. The summed E-state index contributed by atoms with van der Waals surface area (Å²) in [6.07, 6.45) is 5.66. The lowest BCUT2D eigenvalue weighted by molar-refractivity contribution is 0.513. The summed E-state index contributed by atoms with van der Waals surface area (Å²) < 4.78 is 16.0. The number of hydrogen-bond donors (Lipinski definition) is 0. The Morgan fingerprint density at radius 1 is 1.37 bits per heavy atom. The zero-order valence-electron chi connectivity index (χ0n) is 11.1. The van der Waals surface area contributed by atoms with Crippen molar-refractivity contribution in [3.05, 3.63) is 29.3 Å². The standard InChI is InChI=1S/C15H18ClFN2/c1-10-8-14-13(9-12(10)17)18-15(6-7-16)19(14)11-4-2-3-5-11/h8-9,11H,2-7H2,1H3. The Bertz CT molecular complexity index is 600. The molecule has 1 aliphatic carbocycles. The zero-order valence-corrected chi connectivity index (χ0v) is 11.9. The molecule has 0 bridgehead atoms. The van der Waals surface area contributed by atoms with E-state index in [-0.39, 0.29) is 5.82 Å². The van der Waals surface area contributed by atoms with Gasteiger partial charge in [-0.1, -0.05) is 12.8 Å². The molecule has 1 aromatic carbocycles. The van der Waals surface area contributed by atoms with E-state index in [1.54, 1.807) is 6.07 Å². The lowest BCUT2D eigenvalue weighted by atomic mass is 10.2. The molecule has 0 amide bonds. The summed E-state index contributed by atoms with van der Waals surface area (Å²) >= 11 is 5.88. The first-order valence-electron chi connectivity index (χ1n) is 6.93. The number of halogens is 2. The minimum absolute atomic E-state index is 0.180. The van der Waals surface area contributed by atoms with Gasteiger partial charge in [0.15, 0.2) is 0 Å². The Morgan fingerprint density at radius 2 is 2.11 bits per heavy atom. The Labute approximate surface area is 117 Å². The fraction of sp³-hybridized carbons (Fsp3) is 0.533. The van der Waals surface area contributed by atoms with Crippen molar-refractivity contribution in [2.24, 2.45) is 0 Å². The second-order valence-corrected chi connectivity index (χ2v) is 5.74. The van der Waals surface area contributed by atoms with E-state index >= 15 is 0 Å². The van der Waals surface area contributed by atoms with Crippen LogP contribution in [0.2, 0.25) is 0 Å². The van der Waals surface area contributed by atoms with Gasteiger partial charge in [0.2, 0.25) is 0 Å². The minimum atomic E-state index is -0.180. The molecule has 1 saturated carbocycles. The average Bonchev–Trinajstić information content (AvgIpc) is 2.98. The summed E-state index contributed by atoms with van der Waals surface area (Å²) in [5, 5.41) is 0. The monoisotopic (exact) mass is 280 g/mol. The average molecular weight is 281 g/mol. The van der Waals surface area contributed by atoms with Crippen LogP contribution in [0.25, 0.3) is 11.0 Å². The van der Waals surface area contributed by atoms with Crippen molar-refractivity contribution in [2.75, 3.05) is 5.88 Å². The van der Waals surface area contributed by atoms with E-state index in [1.807, 2.05) is 13.0 Å². The first-order chi connectivity index (χ1) is 9.20. The molecule has 0 N–H and O–H groups in total. The SMILES string of the molecule is Cc1cc2c(cc1F)nc(CCCl)n2C1CCCC1. The molecule has 0 aliphatic heterocycles. The van der Waals surface area contributed by atoms with Crippen molar-refractivity contribution in [2.45, 2.75) is 45.1 Å². The number of imidazole rings is 1. The molecule has 19 heavy (non-hydrogen) atoms. The van der Waals surface area contributed by atoms with Gasteiger partial charge in [-0.15, -0.1) is 11.6 Å². The molecule has 2 nitrogen and oxygen atoms in total. The van der Waals surface area contributed by atoms with E-state index in [2.05, 4.69) is 9.55 Å². The van der Waals surface area contributed by atoms with Gasteiger partial charge in [0.25, 0.3) is 0 Å². The van der Waals surface area contributed by atoms with Gasteiger partial charge in [-0.25, -0.2) is 9.37 Å². The van der Waals surface area contributed by atoms with E-state index in [0.29, 0.717) is 17.5 Å². The molecule has 0 radical (unpaired) electrons. The summed E-state index contributed by atoms with van der Waals surface area (Å²) in [6.45, 7) is 1.81. The Balaban J connectivity index is 2.19. The number of nitrogens with zero attached hydrogens (tertiary/aromatic N) is 2. The normalized spacial score (nSPS) is 16.6. The summed E-state index contributed by atoms with van der Waals surface area (Å²) in [5.74, 6) is 1.38. The molecule has 0 spiro atoms. The minimum Gasteiger partial charge on any atom is -0.325 e. The largest absolute Gasteiger partial charge is 0.325 e. The second kappa shape index (κ2) is 5.12. The molecule has 3 rings (SSSR count). The van der Waals surface area contributed by atoms with Gasteiger partial charge < -0.3 is 4.57 Å². The van der Waals surface area contributed by atoms with Gasteiger partial charge in [-0.2, -0.15) is 0 Å². The summed E-state index contributed by atoms with van der Waals surface area (Å²) in [5.41, 5.74) is 2.50. The Morgan fingerprint density at radius 3 is 2.79 bits per heavy atom. The Hall–Kier alpha value is -1.09. The van der Waals surface area contributed by atoms with E-state index in [1.165, 1.54) is 25.7 Å². The summed E-state index contributed by atoms with van der Waals surface area (Å²) in [7, 11) is 0. The molecular weight excluding hydrogens is 263 g/mol. The number of alkyl halides is 1. The number of rotatable bonds is 3. The van der Waals surface area contributed by atoms with Gasteiger partial charge in [-0.05, 0) is 31.4 Å². The number of fused-ring (bicyclic) bond motifs is 1. The van der Waals surface area contributed by atoms with Crippen molar-refractivity contribution in [3.63, 3.8) is 0 Å². The molecular formula is C15H18ClFN2. The first kappa shape index (κ1) is 12.9. The molecule has 0 saturated heterocycles. The van der Waals surface area contributed by atoms with Gasteiger partial charge in [0.05, 0.1) is 11.0 Å². The van der Waals surface area contributed by atoms with Crippen LogP contribution in [0.5, 0.6) is 0 Å². The van der Waals surface area contributed by atoms with Crippen molar-refractivity contribution >= 4 is 22.6 Å². The highest BCUT2D eigenvalue weighted by molar-refractivity contribution is 6.17. The summed E-state index contributed by atoms with van der Waals surface area (Å²) in [6, 6.07) is 3.98. The van der Waals surface area contributed by atoms with Gasteiger partial charge in [0, 0.05) is 24.4 Å². The predicted octanol–water partition coefficient (Wildman–Crippen LogP) is 4.38. The quantitative estimate of drug-likeness (QED) is 0.763. The molecule has 1 aromatic heterocycles. The smallest absolute Gasteiger partial charge is 0.128 e. The van der Waals surface area contributed by atoms with Crippen molar-refractivity contribution < 1.29 is 4.39 Å². The van der Waals surface area contributed by atoms with Crippen LogP contribution in [0.3, 0.4) is 0 Å². The van der Waals surface area contributed by atoms with Crippen molar-refractivity contribution in [3.8, 4) is 0 Å². The van der Waals surface area contributed by atoms with Gasteiger partial charge in [-0.3, -0.25) is 0 Å². The third kappa shape index (κ3) is 2.25. The van der Waals surface area contributed by atoms with E-state index in [9.17, 15) is 4.39 Å². The molecule has 2 aromatic rings. The predicted molar refractivity (Wildman–Crippen MR) is 76.4 cm³/mol. The third-order valence-corrected chi connectivity index (χ3v) is 4.24. The number of aryl methyl sites for hydroxylation is 2. The van der Waals surface area contributed by atoms with Crippen LogP contribution in [0.4, 0.5) is 4.39 Å². The maximum absolute atomic E-state index is 13.7. The molecule has 0 atom stereocenters. The third-order valence-electron chi connectivity index (χ3n) is 4.05. The highest BCUT2D eigenvalue weighted by Crippen LogP contribution is 2.34. The van der Waals surface area contributed by atoms with E-state index in [0.717, 1.165) is 23.3 Å². The first-order valence-corrected chi connectivity index (χ1v) is 7.47. The van der Waals surface area contributed by atoms with Crippen molar-refractivity contribution in [1.29, 1.82) is 0 Å². The van der Waals surface area contributed by atoms with Crippen molar-refractivity contribution in [1.82, 2.24) is 9.55 Å². The highest BCUT2D eigenvalue weighted by atomic mass is 35.5. The van der Waals surface area contributed by atoms with E-state index < -0.39 is 0 Å². The van der Waals surface area contributed by atoms with Gasteiger partial charge in [0.1, 0.15) is 11.6 Å². The maximum Gasteiger partial charge on any atom is 0.128 e. The van der Waals surface area contributed by atoms with E-state index in [4.69, 9.17) is 11.6 Å². The van der Waals surface area contributed by atoms with Crippen LogP contribution >= 0.6 is 11.6 Å². The second-order valence-electron chi connectivity index (χ2n) is 5.37. The van der Waals surface area contributed by atoms with Crippen LogP contribution in [0, 0.1) is 12.7 Å². The molecule has 1 aliphatic rings. The molecule has 4 heteroatoms. The number of benzene rings is 1. The molecule has 102 valence electrons. The van der Waals surface area contributed by atoms with Crippen LogP contribution in [0.1, 0.15) is 43.1 Å². The van der Waals surface area contributed by atoms with Crippen LogP contribution in [-0.4, -0.2) is 15.4 Å². The summed E-state index contributed by atoms with van der Waals surface area (Å²) in [4.78, 5) is 4.59. The zero-order chi connectivity index (χ0) is 13.4.